The average Bonchev–Trinajstić information content (AvgIpc) is 2.42. The molecule has 5 nitrogen and oxygen atoms in total. The van der Waals surface area contributed by atoms with Crippen molar-refractivity contribution in [3.8, 4) is 0 Å². The molecule has 0 saturated carbocycles. The zero-order valence-corrected chi connectivity index (χ0v) is 13.9. The third-order valence-corrected chi connectivity index (χ3v) is 6.16. The quantitative estimate of drug-likeness (QED) is 0.883. The molecule has 2 unspecified atom stereocenters. The maximum atomic E-state index is 12.6. The van der Waals surface area contributed by atoms with Crippen molar-refractivity contribution in [3.63, 3.8) is 0 Å². The molecular weight excluding hydrogens is 344 g/mol. The molecule has 2 rings (SSSR count). The Morgan fingerprint density at radius 2 is 2.20 bits per heavy atom. The van der Waals surface area contributed by atoms with Crippen molar-refractivity contribution in [2.45, 2.75) is 30.9 Å². The number of nitrogens with zero attached hydrogens (tertiary/aromatic N) is 1. The average molecular weight is 363 g/mol. The van der Waals surface area contributed by atoms with E-state index in [0.29, 0.717) is 24.6 Å². The number of hydrogen-bond donors (Lipinski definition) is 1. The van der Waals surface area contributed by atoms with Crippen LogP contribution in [-0.2, 0) is 14.8 Å². The maximum absolute atomic E-state index is 12.6. The van der Waals surface area contributed by atoms with Gasteiger partial charge in [-0.3, -0.25) is 0 Å². The molecule has 112 valence electrons. The molecule has 1 fully saturated rings. The molecule has 1 aliphatic rings. The number of halogens is 1. The highest BCUT2D eigenvalue weighted by molar-refractivity contribution is 9.10. The topological polar surface area (TPSA) is 72.6 Å². The number of morpholine rings is 1. The van der Waals surface area contributed by atoms with E-state index in [1.54, 1.807) is 18.2 Å². The molecule has 1 saturated heterocycles. The van der Waals surface area contributed by atoms with E-state index in [9.17, 15) is 8.42 Å². The molecular formula is C13H19BrN2O3S. The largest absolute Gasteiger partial charge is 0.374 e. The molecule has 1 aromatic rings. The van der Waals surface area contributed by atoms with Gasteiger partial charge in [0, 0.05) is 23.6 Å². The Morgan fingerprint density at radius 1 is 1.50 bits per heavy atom. The van der Waals surface area contributed by atoms with Crippen molar-refractivity contribution in [1.29, 1.82) is 0 Å². The van der Waals surface area contributed by atoms with Crippen LogP contribution in [0.1, 0.15) is 12.5 Å². The molecule has 0 bridgehead atoms. The lowest BCUT2D eigenvalue weighted by Gasteiger charge is -2.34. The predicted molar refractivity (Wildman–Crippen MR) is 81.0 cm³/mol. The molecule has 7 heteroatoms. The number of nitrogens with two attached hydrogens (primary N) is 1. The highest BCUT2D eigenvalue weighted by Gasteiger charge is 2.32. The number of benzene rings is 1. The van der Waals surface area contributed by atoms with Crippen molar-refractivity contribution >= 4 is 26.0 Å². The Morgan fingerprint density at radius 3 is 2.80 bits per heavy atom. The first-order valence-electron chi connectivity index (χ1n) is 6.46. The lowest BCUT2D eigenvalue weighted by atomic mass is 10.2. The number of sulfonamides is 1. The zero-order chi connectivity index (χ0) is 14.9. The first kappa shape index (κ1) is 15.9. The molecule has 0 radical (unpaired) electrons. The van der Waals surface area contributed by atoms with Crippen molar-refractivity contribution < 1.29 is 13.2 Å². The van der Waals surface area contributed by atoms with E-state index >= 15 is 0 Å². The van der Waals surface area contributed by atoms with Crippen LogP contribution >= 0.6 is 15.9 Å². The summed E-state index contributed by atoms with van der Waals surface area (Å²) in [7, 11) is -3.49. The minimum Gasteiger partial charge on any atom is -0.374 e. The third kappa shape index (κ3) is 3.23. The fraction of sp³-hybridized carbons (Fsp3) is 0.538. The number of hydrogen-bond acceptors (Lipinski definition) is 4. The molecule has 0 spiro atoms. The Kier molecular flexibility index (Phi) is 4.86. The van der Waals surface area contributed by atoms with Gasteiger partial charge in [0.15, 0.2) is 0 Å². The molecule has 1 aliphatic heterocycles. The van der Waals surface area contributed by atoms with E-state index in [1.165, 1.54) is 4.31 Å². The summed E-state index contributed by atoms with van der Waals surface area (Å²) in [5, 5.41) is 0. The molecule has 2 atom stereocenters. The van der Waals surface area contributed by atoms with E-state index in [0.717, 1.165) is 10.0 Å². The van der Waals surface area contributed by atoms with Crippen LogP contribution in [0.4, 0.5) is 0 Å². The Hall–Kier alpha value is -0.470. The molecule has 2 N–H and O–H groups in total. The molecule has 1 heterocycles. The number of ether oxygens (including phenoxy) is 1. The highest BCUT2D eigenvalue weighted by Crippen LogP contribution is 2.24. The van der Waals surface area contributed by atoms with Gasteiger partial charge in [-0.15, -0.1) is 0 Å². The Bertz CT molecular complexity index is 589. The standard InChI is InChI=1S/C13H19BrN2O3S/c1-9-7-11(3-4-12(9)14)20(17,18)16-5-6-19-13(8-16)10(2)15/h3-4,7,10,13H,5-6,8,15H2,1-2H3. The minimum atomic E-state index is -3.49. The summed E-state index contributed by atoms with van der Waals surface area (Å²) >= 11 is 3.38. The van der Waals surface area contributed by atoms with E-state index in [4.69, 9.17) is 10.5 Å². The second-order valence-electron chi connectivity index (χ2n) is 5.04. The number of aryl methyl sites for hydroxylation is 1. The first-order valence-corrected chi connectivity index (χ1v) is 8.69. The smallest absolute Gasteiger partial charge is 0.243 e. The van der Waals surface area contributed by atoms with E-state index in [2.05, 4.69) is 15.9 Å². The van der Waals surface area contributed by atoms with Crippen molar-refractivity contribution in [3.05, 3.63) is 28.2 Å². The van der Waals surface area contributed by atoms with Gasteiger partial charge in [0.05, 0.1) is 17.6 Å². The van der Waals surface area contributed by atoms with Crippen LogP contribution in [0.25, 0.3) is 0 Å². The van der Waals surface area contributed by atoms with E-state index in [1.807, 2.05) is 13.8 Å². The predicted octanol–water partition coefficient (Wildman–Crippen LogP) is 1.49. The van der Waals surface area contributed by atoms with Crippen LogP contribution in [0, 0.1) is 6.92 Å². The van der Waals surface area contributed by atoms with Gasteiger partial charge >= 0.3 is 0 Å². The van der Waals surface area contributed by atoms with Crippen LogP contribution in [0.5, 0.6) is 0 Å². The summed E-state index contributed by atoms with van der Waals surface area (Å²) in [4.78, 5) is 0.309. The van der Waals surface area contributed by atoms with Gasteiger partial charge in [-0.25, -0.2) is 8.42 Å². The summed E-state index contributed by atoms with van der Waals surface area (Å²) in [6.45, 7) is 4.73. The summed E-state index contributed by atoms with van der Waals surface area (Å²) in [5.74, 6) is 0. The molecule has 0 aromatic heterocycles. The summed E-state index contributed by atoms with van der Waals surface area (Å²) in [5.41, 5.74) is 6.69. The molecule has 20 heavy (non-hydrogen) atoms. The van der Waals surface area contributed by atoms with Gasteiger partial charge < -0.3 is 10.5 Å². The summed E-state index contributed by atoms with van der Waals surface area (Å²) in [6, 6.07) is 4.85. The molecule has 1 aromatic carbocycles. The number of rotatable bonds is 3. The van der Waals surface area contributed by atoms with Crippen LogP contribution in [-0.4, -0.2) is 44.6 Å². The van der Waals surface area contributed by atoms with Crippen LogP contribution in [0.15, 0.2) is 27.6 Å². The van der Waals surface area contributed by atoms with Crippen molar-refractivity contribution in [1.82, 2.24) is 4.31 Å². The Balaban J connectivity index is 2.27. The SMILES string of the molecule is Cc1cc(S(=O)(=O)N2CCOC(C(C)N)C2)ccc1Br. The summed E-state index contributed by atoms with van der Waals surface area (Å²) in [6.07, 6.45) is -0.255. The first-order chi connectivity index (χ1) is 9.32. The fourth-order valence-electron chi connectivity index (χ4n) is 2.11. The molecule has 0 aliphatic carbocycles. The van der Waals surface area contributed by atoms with E-state index in [-0.39, 0.29) is 12.1 Å². The zero-order valence-electron chi connectivity index (χ0n) is 11.5. The van der Waals surface area contributed by atoms with Crippen molar-refractivity contribution in [2.24, 2.45) is 5.73 Å². The van der Waals surface area contributed by atoms with Gasteiger partial charge in [-0.2, -0.15) is 4.31 Å². The van der Waals surface area contributed by atoms with Gasteiger partial charge in [0.1, 0.15) is 0 Å². The minimum absolute atomic E-state index is 0.195. The van der Waals surface area contributed by atoms with Crippen molar-refractivity contribution in [2.75, 3.05) is 19.7 Å². The van der Waals surface area contributed by atoms with Gasteiger partial charge in [0.25, 0.3) is 0 Å². The van der Waals surface area contributed by atoms with Crippen LogP contribution in [0.2, 0.25) is 0 Å². The van der Waals surface area contributed by atoms with Crippen LogP contribution < -0.4 is 5.73 Å². The highest BCUT2D eigenvalue weighted by atomic mass is 79.9. The third-order valence-electron chi connectivity index (χ3n) is 3.41. The van der Waals surface area contributed by atoms with Gasteiger partial charge in [-0.05, 0) is 37.6 Å². The summed E-state index contributed by atoms with van der Waals surface area (Å²) < 4.78 is 33.1. The second-order valence-corrected chi connectivity index (χ2v) is 7.83. The lowest BCUT2D eigenvalue weighted by Crippen LogP contribution is -2.51. The van der Waals surface area contributed by atoms with Gasteiger partial charge in [-0.1, -0.05) is 15.9 Å². The van der Waals surface area contributed by atoms with Gasteiger partial charge in [0.2, 0.25) is 10.0 Å². The lowest BCUT2D eigenvalue weighted by molar-refractivity contribution is -0.0120. The normalized spacial score (nSPS) is 22.7. The second kappa shape index (κ2) is 6.11. The Labute approximate surface area is 128 Å². The fourth-order valence-corrected chi connectivity index (χ4v) is 3.88. The maximum Gasteiger partial charge on any atom is 0.243 e. The molecule has 0 amide bonds. The van der Waals surface area contributed by atoms with Crippen LogP contribution in [0.3, 0.4) is 0 Å². The monoisotopic (exact) mass is 362 g/mol. The van der Waals surface area contributed by atoms with E-state index < -0.39 is 10.0 Å².